The highest BCUT2D eigenvalue weighted by molar-refractivity contribution is 5.65. The van der Waals surface area contributed by atoms with Gasteiger partial charge in [-0.15, -0.1) is 0 Å². The first-order valence-electron chi connectivity index (χ1n) is 4.56. The Kier molecular flexibility index (Phi) is 2.67. The number of pyridine rings is 2. The second kappa shape index (κ2) is 4.33. The average Bonchev–Trinajstić information content (AvgIpc) is 2.29. The van der Waals surface area contributed by atoms with Crippen molar-refractivity contribution < 1.29 is 9.97 Å². The predicted octanol–water partition coefficient (Wildman–Crippen LogP) is 1.49. The Morgan fingerprint density at radius 1 is 0.929 bits per heavy atom. The van der Waals surface area contributed by atoms with Gasteiger partial charge in [-0.1, -0.05) is 0 Å². The van der Waals surface area contributed by atoms with Crippen LogP contribution in [0.25, 0.3) is 12.2 Å². The van der Waals surface area contributed by atoms with Crippen LogP contribution < -0.4 is 9.97 Å². The van der Waals surface area contributed by atoms with Gasteiger partial charge in [0, 0.05) is 29.8 Å². The maximum atomic E-state index is 3.14. The first-order valence-corrected chi connectivity index (χ1v) is 4.56. The van der Waals surface area contributed by atoms with E-state index in [9.17, 15) is 0 Å². The van der Waals surface area contributed by atoms with Crippen LogP contribution in [0.3, 0.4) is 0 Å². The molecule has 2 heterocycles. The number of aromatic nitrogens is 2. The standard InChI is InChI=1S/C12H10N2/c1-2-9-14-12(5-1)7-6-11-4-3-8-13-10-11/h1-10H/p+2/b7-6+. The normalized spacial score (nSPS) is 10.6. The van der Waals surface area contributed by atoms with Crippen molar-refractivity contribution in [3.05, 3.63) is 60.2 Å². The zero-order valence-corrected chi connectivity index (χ0v) is 7.77. The summed E-state index contributed by atoms with van der Waals surface area (Å²) in [5.41, 5.74) is 2.25. The minimum absolute atomic E-state index is 1.09. The molecule has 14 heavy (non-hydrogen) atoms. The first kappa shape index (κ1) is 8.63. The lowest BCUT2D eigenvalue weighted by Crippen LogP contribution is -2.03. The van der Waals surface area contributed by atoms with Crippen LogP contribution in [0.5, 0.6) is 0 Å². The van der Waals surface area contributed by atoms with Crippen LogP contribution in [0.4, 0.5) is 0 Å². The fourth-order valence-electron chi connectivity index (χ4n) is 1.21. The van der Waals surface area contributed by atoms with Crippen molar-refractivity contribution in [1.82, 2.24) is 0 Å². The van der Waals surface area contributed by atoms with Gasteiger partial charge in [0.25, 0.3) is 0 Å². The van der Waals surface area contributed by atoms with E-state index in [4.69, 9.17) is 0 Å². The number of rotatable bonds is 2. The number of aromatic amines is 2. The molecule has 2 aromatic rings. The van der Waals surface area contributed by atoms with Crippen molar-refractivity contribution in [1.29, 1.82) is 0 Å². The molecule has 2 heteroatoms. The van der Waals surface area contributed by atoms with Crippen molar-refractivity contribution in [2.24, 2.45) is 0 Å². The van der Waals surface area contributed by atoms with Crippen molar-refractivity contribution in [2.45, 2.75) is 0 Å². The second-order valence-electron chi connectivity index (χ2n) is 2.99. The van der Waals surface area contributed by atoms with Crippen LogP contribution in [0.2, 0.25) is 0 Å². The number of hydrogen-bond acceptors (Lipinski definition) is 0. The lowest BCUT2D eigenvalue weighted by molar-refractivity contribution is -0.380. The van der Waals surface area contributed by atoms with E-state index < -0.39 is 0 Å². The summed E-state index contributed by atoms with van der Waals surface area (Å²) in [5, 5.41) is 0. The molecule has 0 spiro atoms. The summed E-state index contributed by atoms with van der Waals surface area (Å²) >= 11 is 0. The van der Waals surface area contributed by atoms with Gasteiger partial charge in [0.05, 0.1) is 0 Å². The van der Waals surface area contributed by atoms with Crippen LogP contribution >= 0.6 is 0 Å². The summed E-state index contributed by atoms with van der Waals surface area (Å²) in [6.45, 7) is 0. The minimum atomic E-state index is 1.09. The van der Waals surface area contributed by atoms with E-state index in [0.717, 1.165) is 11.3 Å². The van der Waals surface area contributed by atoms with E-state index in [-0.39, 0.29) is 0 Å². The predicted molar refractivity (Wildman–Crippen MR) is 54.9 cm³/mol. The fraction of sp³-hybridized carbons (Fsp3) is 0. The quantitative estimate of drug-likeness (QED) is 0.676. The highest BCUT2D eigenvalue weighted by Gasteiger charge is 1.92. The summed E-state index contributed by atoms with van der Waals surface area (Å²) in [5.74, 6) is 0. The Labute approximate surface area is 83.0 Å². The van der Waals surface area contributed by atoms with Gasteiger partial charge in [-0.25, -0.2) is 9.97 Å². The van der Waals surface area contributed by atoms with Crippen LogP contribution in [-0.2, 0) is 0 Å². The van der Waals surface area contributed by atoms with Gasteiger partial charge < -0.3 is 0 Å². The lowest BCUT2D eigenvalue weighted by atomic mass is 10.2. The molecule has 0 fully saturated rings. The third-order valence-corrected chi connectivity index (χ3v) is 1.92. The van der Waals surface area contributed by atoms with Crippen molar-refractivity contribution >= 4 is 12.2 Å². The molecule has 2 aromatic heterocycles. The van der Waals surface area contributed by atoms with Gasteiger partial charge in [-0.3, -0.25) is 0 Å². The summed E-state index contributed by atoms with van der Waals surface area (Å²) in [6.07, 6.45) is 9.87. The summed E-state index contributed by atoms with van der Waals surface area (Å²) in [7, 11) is 0. The molecule has 0 aliphatic heterocycles. The minimum Gasteiger partial charge on any atom is -0.217 e. The lowest BCUT2D eigenvalue weighted by Gasteiger charge is -1.85. The summed E-state index contributed by atoms with van der Waals surface area (Å²) in [6, 6.07) is 10.0. The molecule has 0 aliphatic carbocycles. The molecule has 0 amide bonds. The molecule has 0 bridgehead atoms. The first-order chi connectivity index (χ1) is 6.95. The topological polar surface area (TPSA) is 28.3 Å². The van der Waals surface area contributed by atoms with Gasteiger partial charge >= 0.3 is 0 Å². The largest absolute Gasteiger partial charge is 0.217 e. The molecule has 0 aliphatic rings. The number of hydrogen-bond donors (Lipinski definition) is 0. The highest BCUT2D eigenvalue weighted by atomic mass is 14.6. The molecule has 0 atom stereocenters. The van der Waals surface area contributed by atoms with Crippen LogP contribution in [-0.4, -0.2) is 0 Å². The Balaban J connectivity index is 2.16. The molecule has 68 valence electrons. The number of nitrogens with one attached hydrogen (secondary N) is 2. The molecular formula is C12H12N2+2. The van der Waals surface area contributed by atoms with Crippen LogP contribution in [0, 0.1) is 0 Å². The SMILES string of the molecule is C(=C\c1cccc[nH+]1)/c1ccc[nH+]c1. The van der Waals surface area contributed by atoms with Gasteiger partial charge in [-0.2, -0.15) is 0 Å². The second-order valence-corrected chi connectivity index (χ2v) is 2.99. The molecule has 0 saturated carbocycles. The van der Waals surface area contributed by atoms with E-state index in [2.05, 4.69) is 22.1 Å². The molecule has 0 saturated heterocycles. The van der Waals surface area contributed by atoms with Gasteiger partial charge in [0.1, 0.15) is 0 Å². The van der Waals surface area contributed by atoms with E-state index >= 15 is 0 Å². The third-order valence-electron chi connectivity index (χ3n) is 1.92. The van der Waals surface area contributed by atoms with Crippen molar-refractivity contribution in [3.8, 4) is 0 Å². The monoisotopic (exact) mass is 184 g/mol. The highest BCUT2D eigenvalue weighted by Crippen LogP contribution is 2.00. The Hall–Kier alpha value is -1.96. The Morgan fingerprint density at radius 3 is 2.64 bits per heavy atom. The van der Waals surface area contributed by atoms with Gasteiger partial charge in [0.15, 0.2) is 18.6 Å². The maximum absolute atomic E-state index is 3.14. The molecule has 2 rings (SSSR count). The average molecular weight is 184 g/mol. The van der Waals surface area contributed by atoms with Gasteiger partial charge in [0.2, 0.25) is 5.69 Å². The van der Waals surface area contributed by atoms with Gasteiger partial charge in [-0.05, 0) is 18.2 Å². The smallest absolute Gasteiger partial charge is 0.203 e. The molecular weight excluding hydrogens is 172 g/mol. The van der Waals surface area contributed by atoms with Crippen LogP contribution in [0.15, 0.2) is 48.9 Å². The molecule has 0 unspecified atom stereocenters. The molecule has 0 aromatic carbocycles. The zero-order chi connectivity index (χ0) is 9.64. The van der Waals surface area contributed by atoms with E-state index in [1.54, 1.807) is 0 Å². The molecule has 2 nitrogen and oxygen atoms in total. The Bertz CT molecular complexity index is 365. The Morgan fingerprint density at radius 2 is 1.93 bits per heavy atom. The summed E-state index contributed by atoms with van der Waals surface area (Å²) in [4.78, 5) is 6.18. The van der Waals surface area contributed by atoms with E-state index in [0.29, 0.717) is 0 Å². The fourth-order valence-corrected chi connectivity index (χ4v) is 1.21. The zero-order valence-electron chi connectivity index (χ0n) is 7.77. The van der Waals surface area contributed by atoms with E-state index in [1.807, 2.05) is 48.9 Å². The number of H-pyrrole nitrogens is 2. The molecule has 2 N–H and O–H groups in total. The third kappa shape index (κ3) is 2.26. The molecule has 0 radical (unpaired) electrons. The van der Waals surface area contributed by atoms with Crippen molar-refractivity contribution in [3.63, 3.8) is 0 Å². The van der Waals surface area contributed by atoms with Crippen molar-refractivity contribution in [2.75, 3.05) is 0 Å². The van der Waals surface area contributed by atoms with Crippen LogP contribution in [0.1, 0.15) is 11.3 Å². The maximum Gasteiger partial charge on any atom is 0.203 e. The summed E-state index contributed by atoms with van der Waals surface area (Å²) < 4.78 is 0. The van der Waals surface area contributed by atoms with E-state index in [1.165, 1.54) is 0 Å².